The minimum absolute atomic E-state index is 0.230. The molecule has 2 aromatic rings. The van der Waals surface area contributed by atoms with Gasteiger partial charge >= 0.3 is 5.97 Å². The third-order valence-electron chi connectivity index (χ3n) is 2.11. The van der Waals surface area contributed by atoms with Crippen molar-refractivity contribution >= 4 is 23.2 Å². The van der Waals surface area contributed by atoms with Crippen molar-refractivity contribution in [1.82, 2.24) is 4.98 Å². The molecule has 0 amide bonds. The van der Waals surface area contributed by atoms with E-state index < -0.39 is 5.97 Å². The molecule has 2 rings (SSSR count). The lowest BCUT2D eigenvalue weighted by molar-refractivity contribution is -0.110. The number of pyridine rings is 1. The second kappa shape index (κ2) is 4.53. The quantitative estimate of drug-likeness (QED) is 0.576. The molecular weight excluding hydrogens is 206 g/mol. The molecule has 0 atom stereocenters. The number of carbonyl (C=O) groups is 2. The van der Waals surface area contributed by atoms with E-state index in [1.165, 1.54) is 6.20 Å². The van der Waals surface area contributed by atoms with E-state index in [9.17, 15) is 9.59 Å². The molecule has 0 aliphatic carbocycles. The summed E-state index contributed by atoms with van der Waals surface area (Å²) in [4.78, 5) is 25.6. The fourth-order valence-corrected chi connectivity index (χ4v) is 1.38. The van der Waals surface area contributed by atoms with Crippen molar-refractivity contribution in [3.8, 4) is 0 Å². The van der Waals surface area contributed by atoms with Crippen LogP contribution in [0.3, 0.4) is 0 Å². The molecular formula is C12H9NO3. The van der Waals surface area contributed by atoms with Crippen LogP contribution in [0, 0.1) is 0 Å². The highest BCUT2D eigenvalue weighted by atomic mass is 16.5. The molecule has 0 unspecified atom stereocenters. The topological polar surface area (TPSA) is 56.3 Å². The van der Waals surface area contributed by atoms with Crippen molar-refractivity contribution in [3.05, 3.63) is 42.1 Å². The first kappa shape index (κ1) is 10.3. The van der Waals surface area contributed by atoms with Crippen LogP contribution >= 0.6 is 0 Å². The van der Waals surface area contributed by atoms with Gasteiger partial charge in [-0.2, -0.15) is 0 Å². The lowest BCUT2D eigenvalue weighted by Crippen LogP contribution is -2.07. The van der Waals surface area contributed by atoms with Crippen molar-refractivity contribution in [3.63, 3.8) is 0 Å². The molecule has 0 spiro atoms. The summed E-state index contributed by atoms with van der Waals surface area (Å²) in [5, 5.41) is 0.864. The molecule has 1 heterocycles. The van der Waals surface area contributed by atoms with Gasteiger partial charge in [-0.1, -0.05) is 18.2 Å². The molecule has 16 heavy (non-hydrogen) atoms. The van der Waals surface area contributed by atoms with Crippen molar-refractivity contribution < 1.29 is 14.3 Å². The number of esters is 1. The first-order valence-corrected chi connectivity index (χ1v) is 4.77. The summed E-state index contributed by atoms with van der Waals surface area (Å²) in [6.45, 7) is -0.230. The summed E-state index contributed by atoms with van der Waals surface area (Å²) >= 11 is 0. The summed E-state index contributed by atoms with van der Waals surface area (Å²) in [6, 6.07) is 9.15. The van der Waals surface area contributed by atoms with Gasteiger partial charge in [0.1, 0.15) is 6.61 Å². The average molecular weight is 215 g/mol. The zero-order valence-electron chi connectivity index (χ0n) is 8.42. The van der Waals surface area contributed by atoms with Crippen LogP contribution in [-0.2, 0) is 9.53 Å². The van der Waals surface area contributed by atoms with E-state index in [1.54, 1.807) is 6.07 Å². The maximum atomic E-state index is 11.4. The molecule has 80 valence electrons. The Morgan fingerprint density at radius 3 is 3.00 bits per heavy atom. The van der Waals surface area contributed by atoms with Crippen molar-refractivity contribution in [2.75, 3.05) is 6.61 Å². The van der Waals surface area contributed by atoms with Crippen LogP contribution in [0.1, 0.15) is 10.4 Å². The molecule has 0 aliphatic heterocycles. The van der Waals surface area contributed by atoms with Gasteiger partial charge in [0.2, 0.25) is 0 Å². The molecule has 0 saturated heterocycles. The summed E-state index contributed by atoms with van der Waals surface area (Å²) in [5.74, 6) is -0.537. The van der Waals surface area contributed by atoms with Crippen LogP contribution in [-0.4, -0.2) is 23.8 Å². The van der Waals surface area contributed by atoms with E-state index in [2.05, 4.69) is 9.72 Å². The Morgan fingerprint density at radius 2 is 2.19 bits per heavy atom. The summed E-state index contributed by atoms with van der Waals surface area (Å²) in [6.07, 6.45) is 1.97. The maximum Gasteiger partial charge on any atom is 0.340 e. The SMILES string of the molecule is O=CCOC(=O)c1cnc2ccccc2c1. The number of carbonyl (C=O) groups excluding carboxylic acids is 2. The molecule has 0 aliphatic rings. The van der Waals surface area contributed by atoms with E-state index in [1.807, 2.05) is 24.3 Å². The van der Waals surface area contributed by atoms with Crippen LogP contribution in [0.25, 0.3) is 10.9 Å². The van der Waals surface area contributed by atoms with Crippen molar-refractivity contribution in [2.45, 2.75) is 0 Å². The minimum atomic E-state index is -0.537. The summed E-state index contributed by atoms with van der Waals surface area (Å²) in [5.41, 5.74) is 1.16. The van der Waals surface area contributed by atoms with Gasteiger partial charge in [-0.15, -0.1) is 0 Å². The number of nitrogens with zero attached hydrogens (tertiary/aromatic N) is 1. The molecule has 1 aromatic heterocycles. The Kier molecular flexibility index (Phi) is 2.91. The summed E-state index contributed by atoms with van der Waals surface area (Å²) < 4.78 is 4.68. The number of fused-ring (bicyclic) bond motifs is 1. The van der Waals surface area contributed by atoms with Gasteiger partial charge in [-0.05, 0) is 12.1 Å². The van der Waals surface area contributed by atoms with Crippen LogP contribution in [0.15, 0.2) is 36.5 Å². The molecule has 1 aromatic carbocycles. The second-order valence-corrected chi connectivity index (χ2v) is 3.18. The smallest absolute Gasteiger partial charge is 0.340 e. The fraction of sp³-hybridized carbons (Fsp3) is 0.0833. The van der Waals surface area contributed by atoms with E-state index in [0.717, 1.165) is 10.9 Å². The Labute approximate surface area is 91.9 Å². The second-order valence-electron chi connectivity index (χ2n) is 3.18. The highest BCUT2D eigenvalue weighted by Gasteiger charge is 2.07. The van der Waals surface area contributed by atoms with Gasteiger partial charge in [-0.25, -0.2) is 4.79 Å². The van der Waals surface area contributed by atoms with Crippen LogP contribution < -0.4 is 0 Å². The highest BCUT2D eigenvalue weighted by Crippen LogP contribution is 2.13. The predicted octanol–water partition coefficient (Wildman–Crippen LogP) is 1.59. The third-order valence-corrected chi connectivity index (χ3v) is 2.11. The Hall–Kier alpha value is -2.23. The zero-order valence-corrected chi connectivity index (χ0v) is 8.42. The first-order chi connectivity index (χ1) is 7.81. The van der Waals surface area contributed by atoms with Crippen LogP contribution in [0.5, 0.6) is 0 Å². The van der Waals surface area contributed by atoms with E-state index in [0.29, 0.717) is 11.8 Å². The average Bonchev–Trinajstić information content (AvgIpc) is 2.35. The molecule has 0 N–H and O–H groups in total. The van der Waals surface area contributed by atoms with Gasteiger partial charge in [0.05, 0.1) is 11.1 Å². The lowest BCUT2D eigenvalue weighted by atomic mass is 10.1. The maximum absolute atomic E-state index is 11.4. The molecule has 0 bridgehead atoms. The van der Waals surface area contributed by atoms with Crippen LogP contribution in [0.4, 0.5) is 0 Å². The highest BCUT2D eigenvalue weighted by molar-refractivity contribution is 5.94. The Balaban J connectivity index is 2.32. The van der Waals surface area contributed by atoms with Gasteiger partial charge in [0, 0.05) is 11.6 Å². The number of rotatable bonds is 3. The number of hydrogen-bond donors (Lipinski definition) is 0. The minimum Gasteiger partial charge on any atom is -0.454 e. The number of aldehydes is 1. The zero-order chi connectivity index (χ0) is 11.4. The van der Waals surface area contributed by atoms with E-state index >= 15 is 0 Å². The lowest BCUT2D eigenvalue weighted by Gasteiger charge is -2.02. The monoisotopic (exact) mass is 215 g/mol. The molecule has 0 saturated carbocycles. The number of aromatic nitrogens is 1. The largest absolute Gasteiger partial charge is 0.454 e. The van der Waals surface area contributed by atoms with Gasteiger partial charge in [-0.3, -0.25) is 9.78 Å². The van der Waals surface area contributed by atoms with Gasteiger partial charge in [0.15, 0.2) is 6.29 Å². The predicted molar refractivity (Wildman–Crippen MR) is 58.1 cm³/mol. The number of benzene rings is 1. The van der Waals surface area contributed by atoms with Crippen molar-refractivity contribution in [2.24, 2.45) is 0 Å². The molecule has 4 nitrogen and oxygen atoms in total. The fourth-order valence-electron chi connectivity index (χ4n) is 1.38. The third kappa shape index (κ3) is 2.06. The molecule has 4 heteroatoms. The Bertz CT molecular complexity index is 537. The molecule has 0 radical (unpaired) electrons. The van der Waals surface area contributed by atoms with Gasteiger partial charge < -0.3 is 4.74 Å². The standard InChI is InChI=1S/C12H9NO3/c14-5-6-16-12(15)10-7-9-3-1-2-4-11(9)13-8-10/h1-5,7-8H,6H2. The number of para-hydroxylation sites is 1. The van der Waals surface area contributed by atoms with E-state index in [4.69, 9.17) is 0 Å². The van der Waals surface area contributed by atoms with Crippen LogP contribution in [0.2, 0.25) is 0 Å². The first-order valence-electron chi connectivity index (χ1n) is 4.77. The molecule has 0 fully saturated rings. The normalized spacial score (nSPS) is 10.0. The number of ether oxygens (including phenoxy) is 1. The Morgan fingerprint density at radius 1 is 1.38 bits per heavy atom. The van der Waals surface area contributed by atoms with Gasteiger partial charge in [0.25, 0.3) is 0 Å². The van der Waals surface area contributed by atoms with Crippen molar-refractivity contribution in [1.29, 1.82) is 0 Å². The number of hydrogen-bond acceptors (Lipinski definition) is 4. The summed E-state index contributed by atoms with van der Waals surface area (Å²) in [7, 11) is 0. The van der Waals surface area contributed by atoms with E-state index in [-0.39, 0.29) is 6.61 Å².